The number of hydrogen-bond acceptors (Lipinski definition) is 9. The van der Waals surface area contributed by atoms with Crippen molar-refractivity contribution in [3.8, 4) is 27.8 Å². The second-order valence-electron chi connectivity index (χ2n) is 7.53. The normalized spacial score (nSPS) is 13.8. The number of para-hydroxylation sites is 2. The van der Waals surface area contributed by atoms with Gasteiger partial charge in [-0.15, -0.1) is 21.5 Å². The highest BCUT2D eigenvalue weighted by molar-refractivity contribution is 7.98. The average molecular weight is 496 g/mol. The molecule has 34 heavy (non-hydrogen) atoms. The molecule has 2 aromatic carbocycles. The lowest BCUT2D eigenvalue weighted by Crippen LogP contribution is -2.37. The predicted molar refractivity (Wildman–Crippen MR) is 135 cm³/mol. The molecule has 1 aliphatic rings. The Morgan fingerprint density at radius 2 is 1.82 bits per heavy atom. The fourth-order valence-corrected chi connectivity index (χ4v) is 5.60. The van der Waals surface area contributed by atoms with Gasteiger partial charge in [0.05, 0.1) is 44.4 Å². The zero-order chi connectivity index (χ0) is 23.3. The van der Waals surface area contributed by atoms with E-state index in [1.54, 1.807) is 37.3 Å². The molecular weight excluding hydrogens is 470 g/mol. The number of ether oxygens (including phenoxy) is 3. The lowest BCUT2D eigenvalue weighted by Gasteiger charge is -2.27. The molecule has 0 saturated carbocycles. The van der Waals surface area contributed by atoms with Gasteiger partial charge in [0.1, 0.15) is 5.01 Å². The molecule has 0 spiro atoms. The molecule has 0 N–H and O–H groups in total. The van der Waals surface area contributed by atoms with Crippen LogP contribution in [-0.2, 0) is 10.5 Å². The second-order valence-corrected chi connectivity index (χ2v) is 9.33. The maximum Gasteiger partial charge on any atom is 0.232 e. The van der Waals surface area contributed by atoms with E-state index in [1.807, 2.05) is 36.4 Å². The third-order valence-corrected chi connectivity index (χ3v) is 7.35. The van der Waals surface area contributed by atoms with Crippen molar-refractivity contribution in [3.63, 3.8) is 0 Å². The Hall–Kier alpha value is -3.08. The van der Waals surface area contributed by atoms with Crippen LogP contribution in [0.15, 0.2) is 59.1 Å². The Labute approximate surface area is 206 Å². The van der Waals surface area contributed by atoms with Crippen LogP contribution in [0, 0.1) is 0 Å². The number of benzene rings is 2. The maximum atomic E-state index is 5.59. The predicted octanol–water partition coefficient (Wildman–Crippen LogP) is 4.54. The van der Waals surface area contributed by atoms with Crippen molar-refractivity contribution < 1.29 is 14.2 Å². The summed E-state index contributed by atoms with van der Waals surface area (Å²) in [4.78, 5) is 7.08. The lowest BCUT2D eigenvalue weighted by molar-refractivity contribution is 0.122. The molecule has 0 bridgehead atoms. The molecule has 1 saturated heterocycles. The number of methoxy groups -OCH3 is 2. The van der Waals surface area contributed by atoms with Crippen molar-refractivity contribution >= 4 is 29.0 Å². The van der Waals surface area contributed by atoms with Gasteiger partial charge in [0.15, 0.2) is 16.7 Å². The van der Waals surface area contributed by atoms with Gasteiger partial charge >= 0.3 is 0 Å². The van der Waals surface area contributed by atoms with Crippen molar-refractivity contribution in [3.05, 3.63) is 59.6 Å². The summed E-state index contributed by atoms with van der Waals surface area (Å²) in [6, 6.07) is 16.1. The third-order valence-electron chi connectivity index (χ3n) is 5.46. The van der Waals surface area contributed by atoms with Gasteiger partial charge in [-0.25, -0.2) is 4.98 Å². The molecule has 0 aliphatic carbocycles. The fraction of sp³-hybridized carbons (Fsp3) is 0.292. The summed E-state index contributed by atoms with van der Waals surface area (Å²) < 4.78 is 18.7. The van der Waals surface area contributed by atoms with E-state index in [9.17, 15) is 0 Å². The summed E-state index contributed by atoms with van der Waals surface area (Å²) in [6.07, 6.45) is 0. The molecule has 0 radical (unpaired) electrons. The van der Waals surface area contributed by atoms with Crippen molar-refractivity contribution in [1.82, 2.24) is 19.7 Å². The van der Waals surface area contributed by atoms with Crippen LogP contribution in [0.2, 0.25) is 0 Å². The molecule has 0 atom stereocenters. The molecule has 4 aromatic rings. The molecule has 1 fully saturated rings. The Morgan fingerprint density at radius 3 is 2.59 bits per heavy atom. The maximum absolute atomic E-state index is 5.59. The van der Waals surface area contributed by atoms with Gasteiger partial charge in [-0.3, -0.25) is 4.57 Å². The minimum absolute atomic E-state index is 0.677. The van der Waals surface area contributed by atoms with Gasteiger partial charge in [0.25, 0.3) is 0 Å². The fourth-order valence-electron chi connectivity index (χ4n) is 3.82. The molecule has 10 heteroatoms. The molecule has 0 amide bonds. The monoisotopic (exact) mass is 495 g/mol. The first kappa shape index (κ1) is 22.7. The topological polar surface area (TPSA) is 74.5 Å². The van der Waals surface area contributed by atoms with Crippen LogP contribution >= 0.6 is 23.1 Å². The first-order valence-electron chi connectivity index (χ1n) is 10.9. The van der Waals surface area contributed by atoms with E-state index in [2.05, 4.69) is 37.2 Å². The smallest absolute Gasteiger partial charge is 0.232 e. The number of hydrogen-bond donors (Lipinski definition) is 0. The van der Waals surface area contributed by atoms with Crippen LogP contribution in [0.5, 0.6) is 11.5 Å². The van der Waals surface area contributed by atoms with Crippen LogP contribution in [0.3, 0.4) is 0 Å². The molecule has 176 valence electrons. The van der Waals surface area contributed by atoms with Gasteiger partial charge in [-0.1, -0.05) is 36.0 Å². The molecule has 2 aromatic heterocycles. The molecular formula is C24H25N5O3S2. The highest BCUT2D eigenvalue weighted by Gasteiger charge is 2.22. The van der Waals surface area contributed by atoms with Crippen molar-refractivity contribution in [2.75, 3.05) is 45.4 Å². The quantitative estimate of drug-likeness (QED) is 0.330. The van der Waals surface area contributed by atoms with Crippen molar-refractivity contribution in [2.24, 2.45) is 0 Å². The second kappa shape index (κ2) is 10.5. The number of thioether (sulfide) groups is 1. The summed E-state index contributed by atoms with van der Waals surface area (Å²) in [6.45, 7) is 2.99. The van der Waals surface area contributed by atoms with Crippen molar-refractivity contribution in [1.29, 1.82) is 0 Å². The number of thiazole rings is 1. The largest absolute Gasteiger partial charge is 0.493 e. The summed E-state index contributed by atoms with van der Waals surface area (Å²) in [7, 11) is 3.29. The Balaban J connectivity index is 1.39. The van der Waals surface area contributed by atoms with Crippen LogP contribution in [0.1, 0.15) is 5.69 Å². The highest BCUT2D eigenvalue weighted by Crippen LogP contribution is 2.39. The lowest BCUT2D eigenvalue weighted by atomic mass is 10.2. The zero-order valence-electron chi connectivity index (χ0n) is 19.0. The average Bonchev–Trinajstić information content (AvgIpc) is 3.55. The van der Waals surface area contributed by atoms with Gasteiger partial charge in [-0.2, -0.15) is 0 Å². The molecule has 0 unspecified atom stereocenters. The first-order chi connectivity index (χ1) is 16.8. The summed E-state index contributed by atoms with van der Waals surface area (Å²) in [5.41, 5.74) is 2.94. The first-order valence-corrected chi connectivity index (χ1v) is 12.8. The van der Waals surface area contributed by atoms with E-state index in [4.69, 9.17) is 19.2 Å². The van der Waals surface area contributed by atoms with Crippen LogP contribution < -0.4 is 14.4 Å². The van der Waals surface area contributed by atoms with Crippen LogP contribution in [-0.4, -0.2) is 60.3 Å². The number of aromatic nitrogens is 4. The summed E-state index contributed by atoms with van der Waals surface area (Å²) in [5.74, 6) is 2.91. The third kappa shape index (κ3) is 4.61. The minimum atomic E-state index is 0.677. The van der Waals surface area contributed by atoms with Gasteiger partial charge in [0, 0.05) is 24.2 Å². The zero-order valence-corrected chi connectivity index (χ0v) is 20.6. The minimum Gasteiger partial charge on any atom is -0.493 e. The SMILES string of the molecule is COc1cccc(-c2nc(CSc3nnc(N4CCOCC4)n3-c3ccccc3)cs2)c1OC. The molecule has 3 heterocycles. The number of rotatable bonds is 8. The van der Waals surface area contributed by atoms with Gasteiger partial charge in [-0.05, 0) is 24.3 Å². The van der Waals surface area contributed by atoms with E-state index in [1.165, 1.54) is 0 Å². The van der Waals surface area contributed by atoms with E-state index in [0.29, 0.717) is 30.5 Å². The Morgan fingerprint density at radius 1 is 1.00 bits per heavy atom. The summed E-state index contributed by atoms with van der Waals surface area (Å²) in [5, 5.41) is 12.9. The van der Waals surface area contributed by atoms with Crippen molar-refractivity contribution in [2.45, 2.75) is 10.9 Å². The molecule has 1 aliphatic heterocycles. The van der Waals surface area contributed by atoms with E-state index in [0.717, 1.165) is 46.1 Å². The number of anilines is 1. The Kier molecular flexibility index (Phi) is 6.98. The highest BCUT2D eigenvalue weighted by atomic mass is 32.2. The molecule has 5 rings (SSSR count). The van der Waals surface area contributed by atoms with Gasteiger partial charge in [0.2, 0.25) is 5.95 Å². The molecule has 8 nitrogen and oxygen atoms in total. The standard InChI is InChI=1S/C24H25N5O3S2/c1-30-20-10-6-9-19(21(20)31-2)22-25-17(15-33-22)16-34-24-27-26-23(28-11-13-32-14-12-28)29(24)18-7-4-3-5-8-18/h3-10,15H,11-14,16H2,1-2H3. The number of nitrogens with zero attached hydrogens (tertiary/aromatic N) is 5. The van der Waals surface area contributed by atoms with Crippen LogP contribution in [0.4, 0.5) is 5.95 Å². The number of morpholine rings is 1. The van der Waals surface area contributed by atoms with Gasteiger partial charge < -0.3 is 19.1 Å². The summed E-state index contributed by atoms with van der Waals surface area (Å²) >= 11 is 3.22. The Bertz CT molecular complexity index is 1240. The van der Waals surface area contributed by atoms with Crippen LogP contribution in [0.25, 0.3) is 16.3 Å². The van der Waals surface area contributed by atoms with E-state index in [-0.39, 0.29) is 0 Å². The van der Waals surface area contributed by atoms with E-state index < -0.39 is 0 Å². The van der Waals surface area contributed by atoms with E-state index >= 15 is 0 Å².